The largest absolute Gasteiger partial charge is 0.147 e. The standard InChI is InChI=1S/C27H39N2.C17H8F5NO3.ClH.Ru/c1-18(2)22-11-9-12-23(19(3)4)26(22)28-15-16-29(17-28)27-24(20(5)6)13-10-14-25(27)21(7)8;1-6-4-3-5-8-15(6)26-7(2)16(24)23(8)17(25)9-10(18)12(20)14(22)13(21)11(9)19;;/h9-14,17-21H,15-16H2,1-8H3;1,3-5,7H,2H3;1H;. The first-order valence-corrected chi connectivity index (χ1v) is 20.9. The predicted octanol–water partition coefficient (Wildman–Crippen LogP) is 10.8. The van der Waals surface area contributed by atoms with Crippen LogP contribution in [0.2, 0.25) is 0 Å². The van der Waals surface area contributed by atoms with E-state index < -0.39 is 69.2 Å². The van der Waals surface area contributed by atoms with Gasteiger partial charge in [-0.15, -0.1) is 12.4 Å². The van der Waals surface area contributed by atoms with Gasteiger partial charge in [0.25, 0.3) is 0 Å². The Balaban J connectivity index is 0.00000620. The minimum atomic E-state index is -2.40. The number of carbonyl (C=O) groups is 2. The molecule has 6 rings (SSSR count). The van der Waals surface area contributed by atoms with Crippen LogP contribution in [0.25, 0.3) is 0 Å². The van der Waals surface area contributed by atoms with Crippen LogP contribution >= 0.6 is 12.4 Å². The third-order valence-corrected chi connectivity index (χ3v) is 12.8. The van der Waals surface area contributed by atoms with Gasteiger partial charge in [0, 0.05) is 0 Å². The topological polar surface area (TPSA) is 53.1 Å². The van der Waals surface area contributed by atoms with Crippen LogP contribution in [0.4, 0.5) is 39.0 Å². The molecule has 1 unspecified atom stereocenters. The molecule has 6 nitrogen and oxygen atoms in total. The zero-order valence-corrected chi connectivity index (χ0v) is 35.9. The molecule has 2 aliphatic heterocycles. The van der Waals surface area contributed by atoms with Gasteiger partial charge in [0.15, 0.2) is 0 Å². The van der Waals surface area contributed by atoms with E-state index in [4.69, 9.17) is 4.74 Å². The fourth-order valence-electron chi connectivity index (χ4n) is 7.52. The summed E-state index contributed by atoms with van der Waals surface area (Å²) in [4.78, 5) is 32.6. The number of benzene rings is 4. The van der Waals surface area contributed by atoms with Crippen LogP contribution in [-0.4, -0.2) is 40.4 Å². The quantitative estimate of drug-likeness (QED) is 0.0551. The van der Waals surface area contributed by atoms with E-state index in [1.807, 2.05) is 4.61 Å². The van der Waals surface area contributed by atoms with Crippen LogP contribution < -0.4 is 19.4 Å². The zero-order valence-electron chi connectivity index (χ0n) is 33.4. The van der Waals surface area contributed by atoms with E-state index in [1.54, 1.807) is 12.1 Å². The summed E-state index contributed by atoms with van der Waals surface area (Å²) in [5.41, 5.74) is 6.08. The molecule has 0 bridgehead atoms. The van der Waals surface area contributed by atoms with Crippen LogP contribution in [0.3, 0.4) is 0 Å². The maximum atomic E-state index is 14.9. The van der Waals surface area contributed by atoms with Gasteiger partial charge in [-0.25, -0.2) is 0 Å². The number of rotatable bonds is 9. The maximum Gasteiger partial charge on any atom is -0.147 e. The van der Waals surface area contributed by atoms with Crippen LogP contribution in [0.5, 0.6) is 5.75 Å². The number of para-hydroxylation sites is 3. The monoisotopic (exact) mass is 898 g/mol. The van der Waals surface area contributed by atoms with Gasteiger partial charge in [-0.05, 0) is 0 Å². The van der Waals surface area contributed by atoms with Crippen molar-refractivity contribution in [2.24, 2.45) is 0 Å². The van der Waals surface area contributed by atoms with E-state index in [0.717, 1.165) is 13.1 Å². The molecular formula is C44H48ClF5N3O3Ru. The zero-order chi connectivity index (χ0) is 40.9. The Labute approximate surface area is 344 Å². The maximum absolute atomic E-state index is 14.9. The summed E-state index contributed by atoms with van der Waals surface area (Å²) < 4.78 is 80.3. The molecule has 0 spiro atoms. The molecule has 4 aromatic rings. The van der Waals surface area contributed by atoms with Gasteiger partial charge in [0.1, 0.15) is 0 Å². The van der Waals surface area contributed by atoms with E-state index in [1.165, 1.54) is 46.6 Å². The molecule has 0 saturated carbocycles. The van der Waals surface area contributed by atoms with Gasteiger partial charge >= 0.3 is 334 Å². The Kier molecular flexibility index (Phi) is 13.4. The molecule has 2 heterocycles. The molecule has 307 valence electrons. The average molecular weight is 898 g/mol. The van der Waals surface area contributed by atoms with Crippen molar-refractivity contribution in [2.75, 3.05) is 27.8 Å². The van der Waals surface area contributed by atoms with Crippen LogP contribution in [-0.2, 0) is 21.5 Å². The minimum absolute atomic E-state index is 0. The van der Waals surface area contributed by atoms with Crippen molar-refractivity contribution in [2.45, 2.75) is 96.8 Å². The summed E-state index contributed by atoms with van der Waals surface area (Å²) in [7, 11) is 0. The normalized spacial score (nSPS) is 16.2. The number of imide groups is 1. The second-order valence-electron chi connectivity index (χ2n) is 15.5. The first-order valence-electron chi connectivity index (χ1n) is 18.9. The molecule has 0 aliphatic carbocycles. The van der Waals surface area contributed by atoms with E-state index >= 15 is 0 Å². The number of fused-ring (bicyclic) bond motifs is 1. The number of nitrogens with zero attached hydrogens (tertiary/aromatic N) is 3. The summed E-state index contributed by atoms with van der Waals surface area (Å²) >= 11 is -0.707. The van der Waals surface area contributed by atoms with E-state index in [9.17, 15) is 31.5 Å². The van der Waals surface area contributed by atoms with Crippen LogP contribution in [0.15, 0.2) is 54.6 Å². The summed E-state index contributed by atoms with van der Waals surface area (Å²) in [6.07, 6.45) is -1.31. The minimum Gasteiger partial charge on any atom is -0.147 e. The predicted molar refractivity (Wildman–Crippen MR) is 215 cm³/mol. The molecule has 2 aliphatic rings. The van der Waals surface area contributed by atoms with E-state index in [-0.39, 0.29) is 52.3 Å². The Hall–Kier alpha value is -4.15. The molecule has 13 heteroatoms. The summed E-state index contributed by atoms with van der Waals surface area (Å²) in [5.74, 6) is -13.2. The summed E-state index contributed by atoms with van der Waals surface area (Å²) in [6, 6.07) is 17.7. The smallest absolute Gasteiger partial charge is 0.147 e. The van der Waals surface area contributed by atoms with Gasteiger partial charge in [0.05, 0.1) is 0 Å². The number of amides is 2. The molecule has 1 fully saturated rings. The summed E-state index contributed by atoms with van der Waals surface area (Å²) in [5, 5.41) is 0. The van der Waals surface area contributed by atoms with Crippen molar-refractivity contribution in [3.05, 3.63) is 117 Å². The number of carbonyl (C=O) groups excluding carboxylic acids is 2. The van der Waals surface area contributed by atoms with Crippen molar-refractivity contribution in [3.63, 3.8) is 0 Å². The Morgan fingerprint density at radius 3 is 1.51 bits per heavy atom. The fraction of sp³-hybridized carbons (Fsp3) is 0.386. The Morgan fingerprint density at radius 1 is 0.684 bits per heavy atom. The van der Waals surface area contributed by atoms with E-state index in [2.05, 4.69) is 102 Å². The van der Waals surface area contributed by atoms with Gasteiger partial charge < -0.3 is 0 Å². The van der Waals surface area contributed by atoms with Crippen molar-refractivity contribution in [3.8, 4) is 5.75 Å². The SMILES string of the molecule is CC1Oc2c(/[CH]=[Ru]/[CH]3N(c4c(C(C)C)cccc4C(C)C)CCN3c3c(C(C)C)cccc3C(C)C)cccc2N(C(=O)c2c(F)c(F)c(F)c(F)c2F)C1=O.Cl. The van der Waals surface area contributed by atoms with Crippen LogP contribution in [0.1, 0.15) is 124 Å². The van der Waals surface area contributed by atoms with Gasteiger partial charge in [-0.1, -0.05) is 0 Å². The third-order valence-electron chi connectivity index (χ3n) is 10.4. The average Bonchev–Trinajstić information content (AvgIpc) is 3.58. The number of halogens is 6. The molecule has 2 amide bonds. The Bertz CT molecular complexity index is 2080. The molecule has 0 radical (unpaired) electrons. The Morgan fingerprint density at radius 2 is 1.09 bits per heavy atom. The second-order valence-corrected chi connectivity index (χ2v) is 17.5. The number of ether oxygens (including phenoxy) is 1. The van der Waals surface area contributed by atoms with Crippen molar-refractivity contribution in [1.82, 2.24) is 0 Å². The van der Waals surface area contributed by atoms with Gasteiger partial charge in [-0.3, -0.25) is 0 Å². The van der Waals surface area contributed by atoms with Crippen molar-refractivity contribution >= 4 is 45.9 Å². The first kappa shape index (κ1) is 44.0. The molecular weight excluding hydrogens is 850 g/mol. The van der Waals surface area contributed by atoms with Crippen molar-refractivity contribution in [1.29, 1.82) is 0 Å². The summed E-state index contributed by atoms with van der Waals surface area (Å²) in [6.45, 7) is 20.5. The fourth-order valence-corrected chi connectivity index (χ4v) is 10.0. The molecule has 57 heavy (non-hydrogen) atoms. The molecule has 4 aromatic carbocycles. The van der Waals surface area contributed by atoms with Gasteiger partial charge in [0.2, 0.25) is 0 Å². The first-order chi connectivity index (χ1) is 26.5. The van der Waals surface area contributed by atoms with Gasteiger partial charge in [-0.2, -0.15) is 0 Å². The van der Waals surface area contributed by atoms with Crippen LogP contribution in [0, 0.1) is 29.1 Å². The molecule has 1 atom stereocenters. The van der Waals surface area contributed by atoms with Crippen molar-refractivity contribution < 1.29 is 53.0 Å². The molecule has 0 aromatic heterocycles. The number of hydrogen-bond donors (Lipinski definition) is 0. The number of anilines is 3. The molecule has 0 N–H and O–H groups in total. The van der Waals surface area contributed by atoms with E-state index in [0.29, 0.717) is 10.5 Å². The third kappa shape index (κ3) is 7.88. The molecule has 1 saturated heterocycles. The second kappa shape index (κ2) is 17.4. The number of hydrogen-bond acceptors (Lipinski definition) is 5.